The van der Waals surface area contributed by atoms with Gasteiger partial charge in [-0.3, -0.25) is 9.52 Å². The lowest BCUT2D eigenvalue weighted by Crippen LogP contribution is -2.09. The van der Waals surface area contributed by atoms with Gasteiger partial charge in [-0.25, -0.2) is 13.4 Å². The van der Waals surface area contributed by atoms with E-state index >= 15 is 0 Å². The number of hydrogen-bond donors (Lipinski definition) is 3. The Morgan fingerprint density at radius 1 is 1.14 bits per heavy atom. The van der Waals surface area contributed by atoms with E-state index < -0.39 is 10.0 Å². The number of aromatic nitrogens is 2. The molecule has 0 saturated carbocycles. The second-order valence-electron chi connectivity index (χ2n) is 7.12. The number of ketones is 1. The number of nitrogens with zero attached hydrogens (tertiary/aromatic N) is 1. The number of sulfonamides is 1. The molecule has 3 rings (SSSR count). The van der Waals surface area contributed by atoms with Crippen LogP contribution in [-0.4, -0.2) is 42.1 Å². The van der Waals surface area contributed by atoms with E-state index in [-0.39, 0.29) is 12.4 Å². The predicted molar refractivity (Wildman–Crippen MR) is 114 cm³/mol. The van der Waals surface area contributed by atoms with Gasteiger partial charge in [0, 0.05) is 42.4 Å². The number of pyridine rings is 1. The van der Waals surface area contributed by atoms with E-state index in [1.165, 1.54) is 0 Å². The van der Waals surface area contributed by atoms with Crippen LogP contribution in [0.3, 0.4) is 0 Å². The van der Waals surface area contributed by atoms with Gasteiger partial charge in [0.05, 0.1) is 6.26 Å². The maximum atomic E-state index is 12.2. The Kier molecular flexibility index (Phi) is 6.66. The number of H-pyrrole nitrogens is 1. The van der Waals surface area contributed by atoms with Crippen LogP contribution in [-0.2, 0) is 21.2 Å². The summed E-state index contributed by atoms with van der Waals surface area (Å²) in [7, 11) is -3.32. The number of aromatic amines is 1. The van der Waals surface area contributed by atoms with Gasteiger partial charge in [-0.15, -0.1) is 0 Å². The number of aliphatic hydroxyl groups excluding tert-OH is 1. The first-order chi connectivity index (χ1) is 13.9. The molecule has 0 radical (unpaired) electrons. The van der Waals surface area contributed by atoms with Crippen molar-refractivity contribution in [1.29, 1.82) is 0 Å². The molecule has 0 amide bonds. The highest BCUT2D eigenvalue weighted by Gasteiger charge is 2.11. The molecule has 0 saturated heterocycles. The fourth-order valence-electron chi connectivity index (χ4n) is 3.27. The number of carbonyl (C=O) groups is 1. The van der Waals surface area contributed by atoms with Crippen LogP contribution in [0.4, 0.5) is 5.69 Å². The number of nitrogens with one attached hydrogen (secondary N) is 2. The van der Waals surface area contributed by atoms with Crippen molar-refractivity contribution < 1.29 is 18.3 Å². The van der Waals surface area contributed by atoms with Gasteiger partial charge in [0.25, 0.3) is 0 Å². The number of Topliss-reactive ketones (excluding diaryl/α,β-unsaturated/α-hetero) is 1. The maximum Gasteiger partial charge on any atom is 0.229 e. The number of anilines is 1. The van der Waals surface area contributed by atoms with E-state index in [0.29, 0.717) is 24.2 Å². The van der Waals surface area contributed by atoms with E-state index in [9.17, 15) is 13.2 Å². The molecule has 0 bridgehead atoms. The molecule has 2 heterocycles. The molecule has 0 atom stereocenters. The molecule has 0 spiro atoms. The van der Waals surface area contributed by atoms with Crippen LogP contribution < -0.4 is 4.72 Å². The fraction of sp³-hybridized carbons (Fsp3) is 0.333. The van der Waals surface area contributed by atoms with Crippen molar-refractivity contribution >= 4 is 32.5 Å². The Bertz CT molecular complexity index is 1090. The molecule has 0 fully saturated rings. The summed E-state index contributed by atoms with van der Waals surface area (Å²) in [6.45, 7) is 0.163. The zero-order valence-electron chi connectivity index (χ0n) is 16.3. The van der Waals surface area contributed by atoms with Crippen molar-refractivity contribution in [1.82, 2.24) is 9.97 Å². The number of hydrogen-bond acceptors (Lipinski definition) is 5. The zero-order chi connectivity index (χ0) is 20.9. The molecule has 7 nitrogen and oxygen atoms in total. The SMILES string of the molecule is CS(=O)(=O)Nc1ccc(-c2ccnc3[nH]c(CC(=O)CCCCCO)cc23)cc1. The average molecular weight is 416 g/mol. The molecule has 154 valence electrons. The topological polar surface area (TPSA) is 112 Å². The molecule has 0 aliphatic heterocycles. The van der Waals surface area contributed by atoms with Gasteiger partial charge in [0.2, 0.25) is 10.0 Å². The second-order valence-corrected chi connectivity index (χ2v) is 8.87. The molecule has 3 aromatic rings. The summed E-state index contributed by atoms with van der Waals surface area (Å²) >= 11 is 0. The first kappa shape index (κ1) is 21.0. The Morgan fingerprint density at radius 2 is 1.90 bits per heavy atom. The molecule has 0 aliphatic rings. The highest BCUT2D eigenvalue weighted by Crippen LogP contribution is 2.29. The summed E-state index contributed by atoms with van der Waals surface area (Å²) < 4.78 is 25.2. The lowest BCUT2D eigenvalue weighted by atomic mass is 10.0. The summed E-state index contributed by atoms with van der Waals surface area (Å²) in [5.74, 6) is 0.159. The van der Waals surface area contributed by atoms with Crippen molar-refractivity contribution in [3.05, 3.63) is 48.3 Å². The number of carbonyl (C=O) groups excluding carboxylic acids is 1. The number of fused-ring (bicyclic) bond motifs is 1. The normalized spacial score (nSPS) is 11.7. The Labute approximate surface area is 170 Å². The van der Waals surface area contributed by atoms with Crippen LogP contribution >= 0.6 is 0 Å². The number of rotatable bonds is 10. The first-order valence-corrected chi connectivity index (χ1v) is 11.4. The summed E-state index contributed by atoms with van der Waals surface area (Å²) in [6, 6.07) is 11.0. The Hall–Kier alpha value is -2.71. The Morgan fingerprint density at radius 3 is 2.59 bits per heavy atom. The van der Waals surface area contributed by atoms with E-state index in [0.717, 1.165) is 47.7 Å². The van der Waals surface area contributed by atoms with Crippen LogP contribution in [0.15, 0.2) is 42.6 Å². The minimum absolute atomic E-state index is 0.159. The van der Waals surface area contributed by atoms with E-state index in [1.54, 1.807) is 18.3 Å². The standard InChI is InChI=1S/C21H25N3O4S/c1-29(27,28)24-16-8-6-15(7-9-16)19-10-11-22-21-20(19)14-17(23-21)13-18(26)5-3-2-4-12-25/h6-11,14,24-25H,2-5,12-13H2,1H3,(H,22,23). The lowest BCUT2D eigenvalue weighted by Gasteiger charge is -2.06. The first-order valence-electron chi connectivity index (χ1n) is 9.53. The molecule has 0 aliphatic carbocycles. The second kappa shape index (κ2) is 9.19. The molecule has 0 unspecified atom stereocenters. The van der Waals surface area contributed by atoms with Gasteiger partial charge in [0.1, 0.15) is 11.4 Å². The number of unbranched alkanes of at least 4 members (excludes halogenated alkanes) is 2. The largest absolute Gasteiger partial charge is 0.396 e. The van der Waals surface area contributed by atoms with Crippen molar-refractivity contribution in [2.75, 3.05) is 17.6 Å². The third-order valence-electron chi connectivity index (χ3n) is 4.59. The summed E-state index contributed by atoms with van der Waals surface area (Å²) in [4.78, 5) is 19.8. The zero-order valence-corrected chi connectivity index (χ0v) is 17.1. The van der Waals surface area contributed by atoms with Crippen molar-refractivity contribution in [3.63, 3.8) is 0 Å². The van der Waals surface area contributed by atoms with E-state index in [1.807, 2.05) is 24.3 Å². The van der Waals surface area contributed by atoms with Crippen LogP contribution in [0.25, 0.3) is 22.2 Å². The summed E-state index contributed by atoms with van der Waals surface area (Å²) in [6.07, 6.45) is 6.02. The van der Waals surface area contributed by atoms with E-state index in [4.69, 9.17) is 5.11 Å². The minimum Gasteiger partial charge on any atom is -0.396 e. The van der Waals surface area contributed by atoms with Crippen LogP contribution in [0.5, 0.6) is 0 Å². The van der Waals surface area contributed by atoms with Gasteiger partial charge in [0.15, 0.2) is 0 Å². The van der Waals surface area contributed by atoms with Crippen molar-refractivity contribution in [2.24, 2.45) is 0 Å². The van der Waals surface area contributed by atoms with Gasteiger partial charge >= 0.3 is 0 Å². The maximum absolute atomic E-state index is 12.2. The quantitative estimate of drug-likeness (QED) is 0.440. The van der Waals surface area contributed by atoms with Crippen molar-refractivity contribution in [3.8, 4) is 11.1 Å². The molecule has 2 aromatic heterocycles. The molecule has 1 aromatic carbocycles. The van der Waals surface area contributed by atoms with Crippen LogP contribution in [0.2, 0.25) is 0 Å². The van der Waals surface area contributed by atoms with E-state index in [2.05, 4.69) is 14.7 Å². The van der Waals surface area contributed by atoms with Gasteiger partial charge < -0.3 is 10.1 Å². The van der Waals surface area contributed by atoms with Crippen molar-refractivity contribution in [2.45, 2.75) is 32.1 Å². The smallest absolute Gasteiger partial charge is 0.229 e. The monoisotopic (exact) mass is 415 g/mol. The van der Waals surface area contributed by atoms with Gasteiger partial charge in [-0.05, 0) is 48.2 Å². The van der Waals surface area contributed by atoms with Gasteiger partial charge in [-0.2, -0.15) is 0 Å². The lowest BCUT2D eigenvalue weighted by molar-refractivity contribution is -0.118. The third kappa shape index (κ3) is 5.88. The summed E-state index contributed by atoms with van der Waals surface area (Å²) in [5, 5.41) is 9.72. The number of benzene rings is 1. The highest BCUT2D eigenvalue weighted by molar-refractivity contribution is 7.92. The molecular weight excluding hydrogens is 390 g/mol. The average Bonchev–Trinajstić information content (AvgIpc) is 3.07. The minimum atomic E-state index is -3.32. The molecule has 8 heteroatoms. The third-order valence-corrected chi connectivity index (χ3v) is 5.19. The summed E-state index contributed by atoms with van der Waals surface area (Å²) in [5.41, 5.74) is 3.92. The fourth-order valence-corrected chi connectivity index (χ4v) is 3.84. The molecular formula is C21H25N3O4S. The van der Waals surface area contributed by atoms with Gasteiger partial charge in [-0.1, -0.05) is 18.6 Å². The van der Waals surface area contributed by atoms with Crippen LogP contribution in [0, 0.1) is 0 Å². The number of aliphatic hydroxyl groups is 1. The highest BCUT2D eigenvalue weighted by atomic mass is 32.2. The molecule has 3 N–H and O–H groups in total. The van der Waals surface area contributed by atoms with Crippen LogP contribution in [0.1, 0.15) is 31.4 Å². The molecule has 29 heavy (non-hydrogen) atoms. The predicted octanol–water partition coefficient (Wildman–Crippen LogP) is 3.27. The Balaban J connectivity index is 1.77.